The molecule has 3 atom stereocenters. The molecule has 16 heavy (non-hydrogen) atoms. The summed E-state index contributed by atoms with van der Waals surface area (Å²) in [4.78, 5) is 22.4. The Hall–Kier alpha value is -1.40. The number of carbonyl (C=O) groups excluding carboxylic acids is 2. The lowest BCUT2D eigenvalue weighted by atomic mass is 9.65. The molecule has 0 aromatic carbocycles. The molecule has 1 fully saturated rings. The van der Waals surface area contributed by atoms with Gasteiger partial charge in [0.1, 0.15) is 11.9 Å². The number of ketones is 1. The molecule has 0 radical (unpaired) electrons. The number of carbonyl (C=O) groups is 2. The zero-order valence-corrected chi connectivity index (χ0v) is 9.19. The second-order valence-electron chi connectivity index (χ2n) is 4.86. The van der Waals surface area contributed by atoms with Crippen molar-refractivity contribution in [3.05, 3.63) is 11.6 Å². The lowest BCUT2D eigenvalue weighted by molar-refractivity contribution is -0.127. The van der Waals surface area contributed by atoms with Gasteiger partial charge in [0.2, 0.25) is 0 Å². The Morgan fingerprint density at radius 2 is 2.38 bits per heavy atom. The minimum atomic E-state index is -1.22. The molecule has 1 N–H and O–H groups in total. The minimum Gasteiger partial charge on any atom is -0.377 e. The predicted molar refractivity (Wildman–Crippen MR) is 58.4 cm³/mol. The largest absolute Gasteiger partial charge is 0.377 e. The standard InChI is InChI=1S/C13H14O3/c1-3-13(16)5-4-10-6-11(15)9(8-14)7-12(10,13)2/h1,6,8-9,16H,4-5,7H2,2H3/t9?,12?,13-/m0/s1. The number of aliphatic hydroxyl groups is 1. The van der Waals surface area contributed by atoms with E-state index >= 15 is 0 Å². The fraction of sp³-hybridized carbons (Fsp3) is 0.538. The minimum absolute atomic E-state index is 0.163. The molecule has 3 heteroatoms. The summed E-state index contributed by atoms with van der Waals surface area (Å²) in [6.07, 6.45) is 8.95. The van der Waals surface area contributed by atoms with Gasteiger partial charge >= 0.3 is 0 Å². The molecule has 0 aromatic rings. The summed E-state index contributed by atoms with van der Waals surface area (Å²) in [5.41, 5.74) is -0.960. The van der Waals surface area contributed by atoms with Crippen LogP contribution < -0.4 is 0 Å². The molecule has 0 aliphatic heterocycles. The normalized spacial score (nSPS) is 42.2. The summed E-state index contributed by atoms with van der Waals surface area (Å²) in [6, 6.07) is 0. The number of terminal acetylenes is 1. The van der Waals surface area contributed by atoms with E-state index in [1.54, 1.807) is 0 Å². The average Bonchev–Trinajstić information content (AvgIpc) is 2.52. The van der Waals surface area contributed by atoms with Crippen LogP contribution in [0.25, 0.3) is 0 Å². The van der Waals surface area contributed by atoms with Crippen LogP contribution in [0.1, 0.15) is 26.2 Å². The first kappa shape index (κ1) is 11.1. The molecule has 0 amide bonds. The number of rotatable bonds is 1. The Balaban J connectivity index is 2.50. The van der Waals surface area contributed by atoms with Crippen LogP contribution in [-0.2, 0) is 9.59 Å². The molecule has 2 aliphatic carbocycles. The van der Waals surface area contributed by atoms with E-state index in [0.717, 1.165) is 5.57 Å². The van der Waals surface area contributed by atoms with Crippen LogP contribution >= 0.6 is 0 Å². The fourth-order valence-corrected chi connectivity index (χ4v) is 2.83. The van der Waals surface area contributed by atoms with Crippen molar-refractivity contribution in [3.8, 4) is 12.3 Å². The second-order valence-corrected chi connectivity index (χ2v) is 4.86. The summed E-state index contributed by atoms with van der Waals surface area (Å²) < 4.78 is 0. The number of hydrogen-bond donors (Lipinski definition) is 1. The Bertz CT molecular complexity index is 429. The van der Waals surface area contributed by atoms with Crippen LogP contribution in [0.2, 0.25) is 0 Å². The van der Waals surface area contributed by atoms with Gasteiger partial charge in [-0.2, -0.15) is 0 Å². The first-order valence-electron chi connectivity index (χ1n) is 5.37. The molecule has 2 aliphatic rings. The molecular formula is C13H14O3. The zero-order chi connectivity index (χ0) is 12.0. The van der Waals surface area contributed by atoms with Gasteiger partial charge in [0, 0.05) is 5.41 Å². The van der Waals surface area contributed by atoms with Crippen LogP contribution in [0, 0.1) is 23.7 Å². The van der Waals surface area contributed by atoms with E-state index in [2.05, 4.69) is 5.92 Å². The number of hydrogen-bond acceptors (Lipinski definition) is 3. The van der Waals surface area contributed by atoms with E-state index in [1.807, 2.05) is 6.92 Å². The van der Waals surface area contributed by atoms with Crippen LogP contribution in [0.15, 0.2) is 11.6 Å². The molecular weight excluding hydrogens is 204 g/mol. The Labute approximate surface area is 94.5 Å². The molecule has 0 aromatic heterocycles. The first-order valence-corrected chi connectivity index (χ1v) is 5.37. The van der Waals surface area contributed by atoms with E-state index in [1.165, 1.54) is 6.08 Å². The fourth-order valence-electron chi connectivity index (χ4n) is 2.83. The van der Waals surface area contributed by atoms with Crippen LogP contribution in [0.5, 0.6) is 0 Å². The highest BCUT2D eigenvalue weighted by molar-refractivity contribution is 6.02. The van der Waals surface area contributed by atoms with Gasteiger partial charge in [-0.1, -0.05) is 18.4 Å². The van der Waals surface area contributed by atoms with Crippen molar-refractivity contribution in [2.24, 2.45) is 11.3 Å². The maximum absolute atomic E-state index is 11.6. The van der Waals surface area contributed by atoms with Gasteiger partial charge < -0.3 is 9.90 Å². The van der Waals surface area contributed by atoms with Gasteiger partial charge in [-0.25, -0.2) is 0 Å². The van der Waals surface area contributed by atoms with Gasteiger partial charge in [0.05, 0.1) is 5.92 Å². The highest BCUT2D eigenvalue weighted by Gasteiger charge is 2.56. The topological polar surface area (TPSA) is 54.4 Å². The molecule has 2 unspecified atom stereocenters. The van der Waals surface area contributed by atoms with Crippen molar-refractivity contribution in [3.63, 3.8) is 0 Å². The molecule has 84 valence electrons. The SMILES string of the molecule is C#C[C@]1(O)CCC2=CC(=O)C(C=O)CC21C. The number of fused-ring (bicyclic) bond motifs is 1. The number of aldehydes is 1. The molecule has 0 heterocycles. The average molecular weight is 218 g/mol. The van der Waals surface area contributed by atoms with E-state index in [4.69, 9.17) is 6.42 Å². The van der Waals surface area contributed by atoms with Crippen LogP contribution in [-0.4, -0.2) is 22.8 Å². The molecule has 3 nitrogen and oxygen atoms in total. The Morgan fingerprint density at radius 3 is 2.94 bits per heavy atom. The summed E-state index contributed by atoms with van der Waals surface area (Å²) >= 11 is 0. The van der Waals surface area contributed by atoms with Gasteiger partial charge in [-0.05, 0) is 25.3 Å². The van der Waals surface area contributed by atoms with Gasteiger partial charge in [0.15, 0.2) is 5.78 Å². The van der Waals surface area contributed by atoms with Crippen LogP contribution in [0.3, 0.4) is 0 Å². The van der Waals surface area contributed by atoms with Crippen molar-refractivity contribution in [1.82, 2.24) is 0 Å². The zero-order valence-electron chi connectivity index (χ0n) is 9.19. The summed E-state index contributed by atoms with van der Waals surface area (Å²) in [7, 11) is 0. The quantitative estimate of drug-likeness (QED) is 0.403. The van der Waals surface area contributed by atoms with Gasteiger partial charge in [-0.3, -0.25) is 4.79 Å². The van der Waals surface area contributed by atoms with Crippen molar-refractivity contribution in [2.45, 2.75) is 31.8 Å². The second kappa shape index (κ2) is 3.29. The molecule has 1 saturated carbocycles. The lowest BCUT2D eigenvalue weighted by Crippen LogP contribution is -2.45. The van der Waals surface area contributed by atoms with Gasteiger partial charge in [0.25, 0.3) is 0 Å². The molecule has 0 saturated heterocycles. The van der Waals surface area contributed by atoms with Crippen molar-refractivity contribution < 1.29 is 14.7 Å². The van der Waals surface area contributed by atoms with E-state index in [-0.39, 0.29) is 5.78 Å². The highest BCUT2D eigenvalue weighted by Crippen LogP contribution is 2.55. The maximum Gasteiger partial charge on any atom is 0.165 e. The van der Waals surface area contributed by atoms with E-state index in [0.29, 0.717) is 25.5 Å². The van der Waals surface area contributed by atoms with Crippen LogP contribution in [0.4, 0.5) is 0 Å². The van der Waals surface area contributed by atoms with Crippen molar-refractivity contribution >= 4 is 12.1 Å². The van der Waals surface area contributed by atoms with E-state index < -0.39 is 16.9 Å². The first-order chi connectivity index (χ1) is 7.47. The molecule has 2 rings (SSSR count). The molecule has 0 bridgehead atoms. The maximum atomic E-state index is 11.6. The molecule has 0 spiro atoms. The third-order valence-electron chi connectivity index (χ3n) is 4.09. The van der Waals surface area contributed by atoms with Crippen molar-refractivity contribution in [1.29, 1.82) is 0 Å². The third kappa shape index (κ3) is 1.20. The smallest absolute Gasteiger partial charge is 0.165 e. The summed E-state index contributed by atoms with van der Waals surface area (Å²) in [5.74, 6) is 1.60. The Morgan fingerprint density at radius 1 is 1.69 bits per heavy atom. The number of allylic oxidation sites excluding steroid dienone is 1. The lowest BCUT2D eigenvalue weighted by Gasteiger charge is -2.40. The van der Waals surface area contributed by atoms with Crippen molar-refractivity contribution in [2.75, 3.05) is 0 Å². The third-order valence-corrected chi connectivity index (χ3v) is 4.09. The summed E-state index contributed by atoms with van der Waals surface area (Å²) in [5, 5.41) is 10.3. The van der Waals surface area contributed by atoms with E-state index in [9.17, 15) is 14.7 Å². The van der Waals surface area contributed by atoms with Gasteiger partial charge in [-0.15, -0.1) is 6.42 Å². The predicted octanol–water partition coefficient (Wildman–Crippen LogP) is 0.865. The Kier molecular flexibility index (Phi) is 2.28. The highest BCUT2D eigenvalue weighted by atomic mass is 16.3. The summed E-state index contributed by atoms with van der Waals surface area (Å²) in [6.45, 7) is 1.84. The monoisotopic (exact) mass is 218 g/mol.